The van der Waals surface area contributed by atoms with Crippen molar-refractivity contribution in [2.24, 2.45) is 5.73 Å². The summed E-state index contributed by atoms with van der Waals surface area (Å²) in [5.74, 6) is -0.453. The first-order chi connectivity index (χ1) is 7.50. The van der Waals surface area contributed by atoms with E-state index in [4.69, 9.17) is 5.73 Å². The molecular formula is C10H13N3O3. The van der Waals surface area contributed by atoms with Gasteiger partial charge in [0.2, 0.25) is 5.91 Å². The summed E-state index contributed by atoms with van der Waals surface area (Å²) < 4.78 is 0. The first-order valence-electron chi connectivity index (χ1n) is 4.76. The van der Waals surface area contributed by atoms with Gasteiger partial charge in [0, 0.05) is 18.7 Å². The number of nitrogens with one attached hydrogen (secondary N) is 1. The van der Waals surface area contributed by atoms with Crippen LogP contribution in [0.1, 0.15) is 12.5 Å². The van der Waals surface area contributed by atoms with E-state index in [1.54, 1.807) is 19.1 Å². The van der Waals surface area contributed by atoms with E-state index in [1.807, 2.05) is 0 Å². The quantitative estimate of drug-likeness (QED) is 0.562. The molecule has 0 bridgehead atoms. The van der Waals surface area contributed by atoms with Crippen LogP contribution in [0.3, 0.4) is 0 Å². The minimum absolute atomic E-state index is 0.0334. The summed E-state index contributed by atoms with van der Waals surface area (Å²) in [5, 5.41) is 13.4. The summed E-state index contributed by atoms with van der Waals surface area (Å²) in [5.41, 5.74) is 5.84. The molecule has 1 rings (SSSR count). The molecule has 0 saturated heterocycles. The molecule has 0 saturated carbocycles. The van der Waals surface area contributed by atoms with Crippen LogP contribution < -0.4 is 11.1 Å². The lowest BCUT2D eigenvalue weighted by atomic mass is 10.2. The fraction of sp³-hybridized carbons (Fsp3) is 0.300. The Hall–Kier alpha value is -1.95. The summed E-state index contributed by atoms with van der Waals surface area (Å²) in [6.45, 7) is 2.01. The van der Waals surface area contributed by atoms with Crippen molar-refractivity contribution in [1.29, 1.82) is 0 Å². The van der Waals surface area contributed by atoms with Crippen LogP contribution in [0.5, 0.6) is 0 Å². The summed E-state index contributed by atoms with van der Waals surface area (Å²) in [6, 6.07) is 5.76. The Balaban J connectivity index is 2.64. The van der Waals surface area contributed by atoms with Gasteiger partial charge >= 0.3 is 0 Å². The van der Waals surface area contributed by atoms with Crippen molar-refractivity contribution < 1.29 is 9.72 Å². The molecule has 6 heteroatoms. The van der Waals surface area contributed by atoms with Crippen LogP contribution in [-0.4, -0.2) is 16.9 Å². The second-order valence-corrected chi connectivity index (χ2v) is 3.43. The lowest BCUT2D eigenvalue weighted by Gasteiger charge is -2.09. The number of non-ortho nitro benzene ring substituents is 1. The van der Waals surface area contributed by atoms with Crippen molar-refractivity contribution >= 4 is 11.6 Å². The van der Waals surface area contributed by atoms with Gasteiger partial charge in [-0.2, -0.15) is 0 Å². The monoisotopic (exact) mass is 223 g/mol. The molecule has 0 heterocycles. The fourth-order valence-corrected chi connectivity index (χ4v) is 1.15. The molecule has 1 amide bonds. The first kappa shape index (κ1) is 12.1. The molecule has 86 valence electrons. The summed E-state index contributed by atoms with van der Waals surface area (Å²) in [4.78, 5) is 20.8. The summed E-state index contributed by atoms with van der Waals surface area (Å²) >= 11 is 0. The van der Waals surface area contributed by atoms with E-state index >= 15 is 0 Å². The van der Waals surface area contributed by atoms with Crippen molar-refractivity contribution in [3.63, 3.8) is 0 Å². The number of hydrogen-bond acceptors (Lipinski definition) is 4. The number of hydrogen-bond donors (Lipinski definition) is 2. The van der Waals surface area contributed by atoms with Crippen molar-refractivity contribution in [1.82, 2.24) is 5.32 Å². The molecule has 0 unspecified atom stereocenters. The molecule has 1 aromatic carbocycles. The van der Waals surface area contributed by atoms with Gasteiger partial charge in [0.25, 0.3) is 5.69 Å². The van der Waals surface area contributed by atoms with Crippen molar-refractivity contribution in [3.8, 4) is 0 Å². The third-order valence-electron chi connectivity index (χ3n) is 2.16. The number of nitro benzene ring substituents is 1. The molecule has 0 radical (unpaired) electrons. The van der Waals surface area contributed by atoms with Gasteiger partial charge in [0.1, 0.15) is 0 Å². The zero-order valence-corrected chi connectivity index (χ0v) is 8.84. The lowest BCUT2D eigenvalue weighted by molar-refractivity contribution is -0.384. The molecule has 1 aromatic rings. The van der Waals surface area contributed by atoms with E-state index in [-0.39, 0.29) is 5.69 Å². The highest BCUT2D eigenvalue weighted by Gasteiger charge is 2.09. The number of nitro groups is 1. The SMILES string of the molecule is C[C@H](NCc1cccc([N+](=O)[O-])c1)C(N)=O. The molecule has 16 heavy (non-hydrogen) atoms. The fourth-order valence-electron chi connectivity index (χ4n) is 1.15. The molecule has 6 nitrogen and oxygen atoms in total. The highest BCUT2D eigenvalue weighted by molar-refractivity contribution is 5.79. The molecule has 0 spiro atoms. The van der Waals surface area contributed by atoms with Gasteiger partial charge in [-0.15, -0.1) is 0 Å². The van der Waals surface area contributed by atoms with Gasteiger partial charge < -0.3 is 11.1 Å². The molecule has 0 aliphatic rings. The number of primary amides is 1. The maximum absolute atomic E-state index is 10.7. The number of nitrogens with zero attached hydrogens (tertiary/aromatic N) is 1. The Morgan fingerprint density at radius 1 is 1.62 bits per heavy atom. The molecule has 1 atom stereocenters. The van der Waals surface area contributed by atoms with Crippen LogP contribution in [0, 0.1) is 10.1 Å². The number of amides is 1. The second kappa shape index (κ2) is 5.22. The van der Waals surface area contributed by atoms with E-state index in [0.717, 1.165) is 5.56 Å². The average molecular weight is 223 g/mol. The Labute approximate surface area is 92.6 Å². The smallest absolute Gasteiger partial charge is 0.269 e. The van der Waals surface area contributed by atoms with Gasteiger partial charge in [0.15, 0.2) is 0 Å². The highest BCUT2D eigenvalue weighted by atomic mass is 16.6. The lowest BCUT2D eigenvalue weighted by Crippen LogP contribution is -2.38. The Morgan fingerprint density at radius 3 is 2.88 bits per heavy atom. The van der Waals surface area contributed by atoms with Crippen LogP contribution in [0.15, 0.2) is 24.3 Å². The number of nitrogens with two attached hydrogens (primary N) is 1. The van der Waals surface area contributed by atoms with Gasteiger partial charge in [-0.05, 0) is 12.5 Å². The third-order valence-corrected chi connectivity index (χ3v) is 2.16. The first-order valence-corrected chi connectivity index (χ1v) is 4.76. The predicted octanol–water partition coefficient (Wildman–Crippen LogP) is 0.558. The molecule has 0 aliphatic heterocycles. The summed E-state index contributed by atoms with van der Waals surface area (Å²) in [7, 11) is 0. The zero-order valence-electron chi connectivity index (χ0n) is 8.84. The topological polar surface area (TPSA) is 98.3 Å². The molecule has 0 aromatic heterocycles. The van der Waals surface area contributed by atoms with Crippen LogP contribution >= 0.6 is 0 Å². The van der Waals surface area contributed by atoms with Gasteiger partial charge in [0.05, 0.1) is 11.0 Å². The predicted molar refractivity (Wildman–Crippen MR) is 58.6 cm³/mol. The number of carbonyl (C=O) groups is 1. The third kappa shape index (κ3) is 3.32. The van der Waals surface area contributed by atoms with Crippen molar-refractivity contribution in [2.75, 3.05) is 0 Å². The number of benzene rings is 1. The highest BCUT2D eigenvalue weighted by Crippen LogP contribution is 2.12. The molecular weight excluding hydrogens is 210 g/mol. The Kier molecular flexibility index (Phi) is 3.96. The minimum atomic E-state index is -0.459. The van der Waals surface area contributed by atoms with Crippen LogP contribution in [0.2, 0.25) is 0 Å². The molecule has 3 N–H and O–H groups in total. The van der Waals surface area contributed by atoms with Crippen molar-refractivity contribution in [2.45, 2.75) is 19.5 Å². The Morgan fingerprint density at radius 2 is 2.31 bits per heavy atom. The Bertz CT molecular complexity index is 406. The zero-order chi connectivity index (χ0) is 12.1. The van der Waals surface area contributed by atoms with Crippen molar-refractivity contribution in [3.05, 3.63) is 39.9 Å². The molecule has 0 fully saturated rings. The largest absolute Gasteiger partial charge is 0.368 e. The van der Waals surface area contributed by atoms with E-state index < -0.39 is 16.9 Å². The summed E-state index contributed by atoms with van der Waals surface area (Å²) in [6.07, 6.45) is 0. The van der Waals surface area contributed by atoms with Crippen LogP contribution in [0.25, 0.3) is 0 Å². The maximum Gasteiger partial charge on any atom is 0.269 e. The van der Waals surface area contributed by atoms with Gasteiger partial charge in [-0.3, -0.25) is 14.9 Å². The van der Waals surface area contributed by atoms with Crippen LogP contribution in [0.4, 0.5) is 5.69 Å². The van der Waals surface area contributed by atoms with E-state index in [2.05, 4.69) is 5.32 Å². The van der Waals surface area contributed by atoms with Gasteiger partial charge in [-0.25, -0.2) is 0 Å². The number of carbonyl (C=O) groups excluding carboxylic acids is 1. The second-order valence-electron chi connectivity index (χ2n) is 3.43. The van der Waals surface area contributed by atoms with E-state index in [1.165, 1.54) is 12.1 Å². The minimum Gasteiger partial charge on any atom is -0.368 e. The standard InChI is InChI=1S/C10H13N3O3/c1-7(10(11)14)12-6-8-3-2-4-9(5-8)13(15)16/h2-5,7,12H,6H2,1H3,(H2,11,14)/t7-/m0/s1. The normalized spacial score (nSPS) is 12.1. The average Bonchev–Trinajstić information content (AvgIpc) is 2.26. The molecule has 0 aliphatic carbocycles. The number of rotatable bonds is 5. The van der Waals surface area contributed by atoms with E-state index in [9.17, 15) is 14.9 Å². The maximum atomic E-state index is 10.7. The van der Waals surface area contributed by atoms with E-state index in [0.29, 0.717) is 6.54 Å². The van der Waals surface area contributed by atoms with Gasteiger partial charge in [-0.1, -0.05) is 12.1 Å². The van der Waals surface area contributed by atoms with Crippen LogP contribution in [-0.2, 0) is 11.3 Å².